The first-order chi connectivity index (χ1) is 17.9. The van der Waals surface area contributed by atoms with E-state index in [1.54, 1.807) is 37.1 Å². The lowest BCUT2D eigenvalue weighted by atomic mass is 10.0. The number of halogens is 1. The zero-order chi connectivity index (χ0) is 25.9. The second-order valence-corrected chi connectivity index (χ2v) is 10.1. The fourth-order valence-electron chi connectivity index (χ4n) is 4.14. The normalized spacial score (nSPS) is 12.0. The van der Waals surface area contributed by atoms with Gasteiger partial charge in [-0.3, -0.25) is 4.79 Å². The number of pyridine rings is 1. The summed E-state index contributed by atoms with van der Waals surface area (Å²) >= 11 is 7.77. The Bertz CT molecular complexity index is 1630. The lowest BCUT2D eigenvalue weighted by Crippen LogP contribution is -2.11. The topological polar surface area (TPSA) is 78.1 Å². The minimum absolute atomic E-state index is 0.0930. The van der Waals surface area contributed by atoms with Crippen LogP contribution >= 0.6 is 23.4 Å². The van der Waals surface area contributed by atoms with E-state index in [2.05, 4.69) is 27.1 Å². The lowest BCUT2D eigenvalue weighted by molar-refractivity contribution is 0.219. The van der Waals surface area contributed by atoms with Crippen LogP contribution in [0.2, 0.25) is 5.15 Å². The van der Waals surface area contributed by atoms with Crippen molar-refractivity contribution in [3.63, 3.8) is 0 Å². The van der Waals surface area contributed by atoms with E-state index in [1.807, 2.05) is 50.2 Å². The number of hydrogen-bond acceptors (Lipinski definition) is 7. The molecule has 0 saturated carbocycles. The smallest absolute Gasteiger partial charge is 0.196 e. The summed E-state index contributed by atoms with van der Waals surface area (Å²) < 4.78 is 12.8. The Kier molecular flexibility index (Phi) is 7.26. The number of rotatable bonds is 7. The Morgan fingerprint density at radius 3 is 2.57 bits per heavy atom. The van der Waals surface area contributed by atoms with E-state index >= 15 is 0 Å². The number of nitrogens with zero attached hydrogens (tertiary/aromatic N) is 3. The van der Waals surface area contributed by atoms with Gasteiger partial charge in [-0.1, -0.05) is 53.7 Å². The average Bonchev–Trinajstić information content (AvgIpc) is 2.91. The highest BCUT2D eigenvalue weighted by atomic mass is 35.5. The average molecular weight is 530 g/mol. The highest BCUT2D eigenvalue weighted by molar-refractivity contribution is 7.98. The fraction of sp³-hybridized carbons (Fsp3) is 0.172. The molecule has 0 aliphatic carbocycles. The van der Waals surface area contributed by atoms with Crippen LogP contribution in [0.25, 0.3) is 22.3 Å². The third kappa shape index (κ3) is 5.38. The molecule has 3 aromatic heterocycles. The predicted octanol–water partition coefficient (Wildman–Crippen LogP) is 7.35. The largest absolute Gasteiger partial charge is 0.483 e. The zero-order valence-electron chi connectivity index (χ0n) is 20.6. The number of fused-ring (bicyclic) bond motifs is 1. The van der Waals surface area contributed by atoms with E-state index in [-0.39, 0.29) is 5.43 Å². The Balaban J connectivity index is 1.53. The molecule has 0 bridgehead atoms. The molecule has 186 valence electrons. The summed E-state index contributed by atoms with van der Waals surface area (Å²) in [4.78, 5) is 26.0. The van der Waals surface area contributed by atoms with Crippen molar-refractivity contribution >= 4 is 34.3 Å². The quantitative estimate of drug-likeness (QED) is 0.161. The highest BCUT2D eigenvalue weighted by Crippen LogP contribution is 2.36. The molecule has 0 radical (unpaired) electrons. The third-order valence-electron chi connectivity index (χ3n) is 5.97. The van der Waals surface area contributed by atoms with Crippen LogP contribution < -0.4 is 10.2 Å². The number of aromatic nitrogens is 3. The first kappa shape index (κ1) is 25.0. The fourth-order valence-corrected chi connectivity index (χ4v) is 5.25. The summed E-state index contributed by atoms with van der Waals surface area (Å²) in [6.45, 7) is 5.64. The van der Waals surface area contributed by atoms with Gasteiger partial charge in [0.25, 0.3) is 0 Å². The lowest BCUT2D eigenvalue weighted by Gasteiger charge is -2.19. The summed E-state index contributed by atoms with van der Waals surface area (Å²) in [6, 6.07) is 17.5. The van der Waals surface area contributed by atoms with Gasteiger partial charge in [-0.15, -0.1) is 0 Å². The third-order valence-corrected chi connectivity index (χ3v) is 7.22. The van der Waals surface area contributed by atoms with Gasteiger partial charge in [0, 0.05) is 29.3 Å². The van der Waals surface area contributed by atoms with Crippen LogP contribution in [0.3, 0.4) is 0 Å². The zero-order valence-corrected chi connectivity index (χ0v) is 22.1. The molecule has 0 saturated heterocycles. The number of thioether (sulfide) groups is 1. The Morgan fingerprint density at radius 1 is 1.05 bits per heavy atom. The van der Waals surface area contributed by atoms with Gasteiger partial charge in [0.2, 0.25) is 0 Å². The van der Waals surface area contributed by atoms with Gasteiger partial charge in [-0.25, -0.2) is 15.0 Å². The minimum atomic E-state index is -0.438. The molecular weight excluding hydrogens is 506 g/mol. The number of aryl methyl sites for hydroxylation is 1. The monoisotopic (exact) mass is 529 g/mol. The summed E-state index contributed by atoms with van der Waals surface area (Å²) in [7, 11) is 0. The first-order valence-electron chi connectivity index (χ1n) is 11.7. The van der Waals surface area contributed by atoms with Crippen molar-refractivity contribution in [1.29, 1.82) is 0 Å². The van der Waals surface area contributed by atoms with Crippen molar-refractivity contribution in [3.05, 3.63) is 111 Å². The Morgan fingerprint density at radius 2 is 1.81 bits per heavy atom. The maximum atomic E-state index is 13.3. The summed E-state index contributed by atoms with van der Waals surface area (Å²) in [5.74, 6) is 1.78. The van der Waals surface area contributed by atoms with E-state index in [4.69, 9.17) is 20.8 Å². The second kappa shape index (κ2) is 10.7. The molecule has 37 heavy (non-hydrogen) atoms. The summed E-state index contributed by atoms with van der Waals surface area (Å²) in [5, 5.41) is 1.60. The molecule has 0 amide bonds. The summed E-state index contributed by atoms with van der Waals surface area (Å²) in [5.41, 5.74) is 4.41. The van der Waals surface area contributed by atoms with Crippen LogP contribution in [0, 0.1) is 13.8 Å². The Hall–Kier alpha value is -3.68. The minimum Gasteiger partial charge on any atom is -0.483 e. The van der Waals surface area contributed by atoms with Crippen LogP contribution in [0.15, 0.2) is 87.6 Å². The van der Waals surface area contributed by atoms with E-state index in [1.165, 1.54) is 11.9 Å². The van der Waals surface area contributed by atoms with E-state index < -0.39 is 6.10 Å². The van der Waals surface area contributed by atoms with Crippen LogP contribution in [0.1, 0.15) is 35.3 Å². The van der Waals surface area contributed by atoms with E-state index in [9.17, 15) is 4.79 Å². The molecule has 3 heterocycles. The van der Waals surface area contributed by atoms with Crippen LogP contribution in [0.4, 0.5) is 0 Å². The molecule has 2 aromatic carbocycles. The number of benzene rings is 2. The molecule has 0 unspecified atom stereocenters. The van der Waals surface area contributed by atoms with Crippen molar-refractivity contribution in [3.8, 4) is 17.1 Å². The maximum Gasteiger partial charge on any atom is 0.196 e. The Labute approximate surface area is 223 Å². The molecule has 5 aromatic rings. The molecular formula is C29H24ClN3O3S. The number of hydrogen-bond donors (Lipinski definition) is 0. The predicted molar refractivity (Wildman–Crippen MR) is 147 cm³/mol. The van der Waals surface area contributed by atoms with Crippen molar-refractivity contribution in [1.82, 2.24) is 15.0 Å². The molecule has 5 rings (SSSR count). The van der Waals surface area contributed by atoms with Crippen LogP contribution in [0.5, 0.6) is 5.75 Å². The van der Waals surface area contributed by atoms with Gasteiger partial charge in [0.1, 0.15) is 34.0 Å². The van der Waals surface area contributed by atoms with Crippen LogP contribution in [-0.2, 0) is 5.75 Å². The molecule has 0 aliphatic heterocycles. The van der Waals surface area contributed by atoms with Crippen LogP contribution in [-0.4, -0.2) is 15.0 Å². The van der Waals surface area contributed by atoms with Gasteiger partial charge >= 0.3 is 0 Å². The van der Waals surface area contributed by atoms with Crippen molar-refractivity contribution < 1.29 is 9.15 Å². The summed E-state index contributed by atoms with van der Waals surface area (Å²) in [6.07, 6.45) is 4.27. The molecule has 6 nitrogen and oxygen atoms in total. The highest BCUT2D eigenvalue weighted by Gasteiger charge is 2.21. The molecule has 1 atom stereocenters. The standard InChI is InChI=1S/C29H24ClN3O3S/c1-17-11-22(28-23(12-17)26(34)18(2)27(36-28)21-13-31-16-32-14-21)19(3)35-24-9-10-25(30)33-29(24)37-15-20-7-5-4-6-8-20/h4-14,16,19H,15H2,1-3H3/t19-/m1/s1. The van der Waals surface area contributed by atoms with E-state index in [0.717, 1.165) is 16.9 Å². The molecule has 0 spiro atoms. The van der Waals surface area contributed by atoms with Gasteiger partial charge in [-0.05, 0) is 56.2 Å². The van der Waals surface area contributed by atoms with Gasteiger partial charge < -0.3 is 9.15 Å². The molecule has 0 fully saturated rings. The van der Waals surface area contributed by atoms with Crippen molar-refractivity contribution in [2.45, 2.75) is 37.7 Å². The molecule has 0 N–H and O–H groups in total. The van der Waals surface area contributed by atoms with Crippen molar-refractivity contribution in [2.75, 3.05) is 0 Å². The number of ether oxygens (including phenoxy) is 1. The SMILES string of the molecule is Cc1cc([C@@H](C)Oc2ccc(Cl)nc2SCc2ccccc2)c2oc(-c3cncnc3)c(C)c(=O)c2c1. The second-order valence-electron chi connectivity index (χ2n) is 8.71. The van der Waals surface area contributed by atoms with Gasteiger partial charge in [0.15, 0.2) is 11.2 Å². The molecule has 0 aliphatic rings. The van der Waals surface area contributed by atoms with Gasteiger partial charge in [-0.2, -0.15) is 0 Å². The molecule has 8 heteroatoms. The first-order valence-corrected chi connectivity index (χ1v) is 13.1. The van der Waals surface area contributed by atoms with Crippen molar-refractivity contribution in [2.24, 2.45) is 0 Å². The van der Waals surface area contributed by atoms with Gasteiger partial charge in [0.05, 0.1) is 10.9 Å². The maximum absolute atomic E-state index is 13.3. The van der Waals surface area contributed by atoms with E-state index in [0.29, 0.717) is 43.8 Å².